The Balaban J connectivity index is 1.44. The van der Waals surface area contributed by atoms with Gasteiger partial charge in [0.15, 0.2) is 12.1 Å². The SMILES string of the molecule is C/C(=N\C[O+](O)C(O)(O)[C@H](CC1CC1)NC(=O)[C@H](CC1CC1)NC(=O)[C@@H](NC(=O)OCC(C)C)C1CCCCC1)N[C@H](C(=O)O)c1ccccc1. The van der Waals surface area contributed by atoms with Gasteiger partial charge in [0.25, 0.3) is 6.73 Å². The fourth-order valence-electron chi connectivity index (χ4n) is 6.33. The van der Waals surface area contributed by atoms with Crippen molar-refractivity contribution in [2.75, 3.05) is 13.3 Å². The minimum Gasteiger partial charge on any atom is -0.479 e. The average Bonchev–Trinajstić information content (AvgIpc) is 4.05. The number of carbonyl (C=O) groups excluding carboxylic acids is 3. The average molecular weight is 719 g/mol. The zero-order valence-electron chi connectivity index (χ0n) is 29.9. The molecule has 4 rings (SSSR count). The lowest BCUT2D eigenvalue weighted by Gasteiger charge is -2.32. The highest BCUT2D eigenvalue weighted by Crippen LogP contribution is 2.37. The summed E-state index contributed by atoms with van der Waals surface area (Å²) in [4.78, 5) is 56.3. The van der Waals surface area contributed by atoms with Crippen molar-refractivity contribution in [3.8, 4) is 0 Å². The third-order valence-corrected chi connectivity index (χ3v) is 9.66. The van der Waals surface area contributed by atoms with Crippen LogP contribution in [-0.2, 0) is 23.6 Å². The molecule has 1 aromatic carbocycles. The van der Waals surface area contributed by atoms with Crippen LogP contribution in [0, 0.1) is 23.7 Å². The predicted octanol–water partition coefficient (Wildman–Crippen LogP) is 3.34. The molecule has 3 saturated carbocycles. The van der Waals surface area contributed by atoms with Crippen molar-refractivity contribution in [2.45, 2.75) is 122 Å². The van der Waals surface area contributed by atoms with E-state index in [0.717, 1.165) is 57.8 Å². The molecule has 0 aliphatic heterocycles. The number of alkyl carbamates (subject to hydrolysis) is 1. The quantitative estimate of drug-likeness (QED) is 0.0260. The summed E-state index contributed by atoms with van der Waals surface area (Å²) in [5, 5.41) is 53.8. The van der Waals surface area contributed by atoms with Gasteiger partial charge in [-0.2, -0.15) is 9.51 Å². The summed E-state index contributed by atoms with van der Waals surface area (Å²) in [6.45, 7) is 4.74. The lowest BCUT2D eigenvalue weighted by molar-refractivity contribution is -0.599. The van der Waals surface area contributed by atoms with E-state index in [4.69, 9.17) is 4.74 Å². The molecule has 0 spiro atoms. The Kier molecular flexibility index (Phi) is 14.6. The fourth-order valence-corrected chi connectivity index (χ4v) is 6.33. The van der Waals surface area contributed by atoms with Crippen LogP contribution in [-0.4, -0.2) is 87.7 Å². The van der Waals surface area contributed by atoms with Crippen molar-refractivity contribution < 1.29 is 49.0 Å². The zero-order chi connectivity index (χ0) is 37.1. The number of rotatable bonds is 19. The summed E-state index contributed by atoms with van der Waals surface area (Å²) in [6.07, 6.45) is 7.51. The number of hydrogen-bond acceptors (Lipinski definition) is 9. The van der Waals surface area contributed by atoms with Gasteiger partial charge in [0, 0.05) is 0 Å². The molecule has 0 unspecified atom stereocenters. The standard InChI is InChI=1S/C36H55N5O10/c1-22(2)20-50-35(46)41-30(26-10-6-4-7-11-26)33(43)39-28(18-24-14-15-24)32(42)40-29(19-25-16-17-25)36(47,48)51(49)21-37-23(3)38-31(34(44)45)27-12-8-5-9-13-27/h5,8-9,12-13,22,24-26,28-31,47-49H,4,6-7,10-11,14-21H2,1-3H3,(H4-,37,38,39,40,41,42,43,44,45,46)/p+1/t28-,29-,30-,31-/m0/s1. The molecule has 8 N–H and O–H groups in total. The number of amidine groups is 1. The maximum absolute atomic E-state index is 13.8. The molecule has 0 bridgehead atoms. The topological polar surface area (TPSA) is 222 Å². The van der Waals surface area contributed by atoms with Gasteiger partial charge in [-0.3, -0.25) is 19.8 Å². The normalized spacial score (nSPS) is 19.5. The van der Waals surface area contributed by atoms with Crippen LogP contribution in [0.3, 0.4) is 0 Å². The Morgan fingerprint density at radius 2 is 1.51 bits per heavy atom. The maximum atomic E-state index is 13.8. The third kappa shape index (κ3) is 12.7. The first-order valence-electron chi connectivity index (χ1n) is 18.2. The predicted molar refractivity (Wildman–Crippen MR) is 187 cm³/mol. The van der Waals surface area contributed by atoms with Gasteiger partial charge in [-0.25, -0.2) is 9.59 Å². The molecule has 15 heteroatoms. The third-order valence-electron chi connectivity index (χ3n) is 9.66. The van der Waals surface area contributed by atoms with Crippen LogP contribution in [0.5, 0.6) is 0 Å². The Hall–Kier alpha value is -3.79. The molecule has 3 aliphatic rings. The number of aliphatic imine (C=N–C) groups is 1. The Bertz CT molecular complexity index is 1340. The molecule has 0 heterocycles. The molecule has 4 atom stereocenters. The van der Waals surface area contributed by atoms with Gasteiger partial charge in [0.05, 0.1) is 6.61 Å². The number of carbonyl (C=O) groups is 4. The van der Waals surface area contributed by atoms with E-state index in [1.54, 1.807) is 30.3 Å². The number of hydrogen-bond donors (Lipinski definition) is 8. The largest absolute Gasteiger partial charge is 0.479 e. The Morgan fingerprint density at radius 1 is 0.882 bits per heavy atom. The van der Waals surface area contributed by atoms with Crippen LogP contribution in [0.15, 0.2) is 35.3 Å². The monoisotopic (exact) mass is 718 g/mol. The van der Waals surface area contributed by atoms with Crippen LogP contribution < -0.4 is 21.3 Å². The van der Waals surface area contributed by atoms with E-state index < -0.39 is 60.7 Å². The van der Waals surface area contributed by atoms with E-state index in [0.29, 0.717) is 12.0 Å². The van der Waals surface area contributed by atoms with Crippen molar-refractivity contribution in [3.63, 3.8) is 0 Å². The number of carboxylic acid groups (broad SMARTS) is 1. The second kappa shape index (κ2) is 18.6. The highest BCUT2D eigenvalue weighted by Gasteiger charge is 2.52. The number of aliphatic hydroxyl groups is 2. The van der Waals surface area contributed by atoms with Gasteiger partial charge in [0.1, 0.15) is 17.9 Å². The van der Waals surface area contributed by atoms with Gasteiger partial charge in [0.2, 0.25) is 11.8 Å². The van der Waals surface area contributed by atoms with Crippen LogP contribution in [0.2, 0.25) is 0 Å². The summed E-state index contributed by atoms with van der Waals surface area (Å²) >= 11 is 0. The van der Waals surface area contributed by atoms with Crippen molar-refractivity contribution in [3.05, 3.63) is 35.9 Å². The molecular formula is C36H56N5O10+. The van der Waals surface area contributed by atoms with E-state index in [2.05, 4.69) is 26.3 Å². The summed E-state index contributed by atoms with van der Waals surface area (Å²) in [6, 6.07) is 3.94. The summed E-state index contributed by atoms with van der Waals surface area (Å²) in [5.41, 5.74) is 0.471. The van der Waals surface area contributed by atoms with E-state index in [1.165, 1.54) is 11.4 Å². The first-order valence-corrected chi connectivity index (χ1v) is 18.2. The Labute approximate surface area is 299 Å². The summed E-state index contributed by atoms with van der Waals surface area (Å²) in [5.74, 6) is -5.01. The van der Waals surface area contributed by atoms with E-state index in [9.17, 15) is 39.8 Å². The van der Waals surface area contributed by atoms with E-state index in [1.807, 2.05) is 13.8 Å². The maximum Gasteiger partial charge on any atom is 0.454 e. The summed E-state index contributed by atoms with van der Waals surface area (Å²) in [7, 11) is 0. The minimum atomic E-state index is -3.05. The molecule has 284 valence electrons. The highest BCUT2D eigenvalue weighted by atomic mass is 17.3. The zero-order valence-corrected chi connectivity index (χ0v) is 29.9. The van der Waals surface area contributed by atoms with E-state index >= 15 is 0 Å². The second-order valence-electron chi connectivity index (χ2n) is 14.7. The van der Waals surface area contributed by atoms with Gasteiger partial charge in [-0.15, -0.1) is 5.26 Å². The number of amides is 3. The first kappa shape index (κ1) is 40.0. The number of ether oxygens (including phenoxy) is 1. The minimum absolute atomic E-state index is 0.0743. The van der Waals surface area contributed by atoms with Crippen molar-refractivity contribution in [1.29, 1.82) is 0 Å². The number of nitrogens with zero attached hydrogens (tertiary/aromatic N) is 1. The second-order valence-corrected chi connectivity index (χ2v) is 14.7. The first-order chi connectivity index (χ1) is 24.2. The van der Waals surface area contributed by atoms with Crippen LogP contribution in [0.1, 0.15) is 103 Å². The smallest absolute Gasteiger partial charge is 0.454 e. The molecule has 0 saturated heterocycles. The summed E-state index contributed by atoms with van der Waals surface area (Å²) < 4.78 is 6.50. The number of nitrogens with one attached hydrogen (secondary N) is 4. The molecule has 3 amide bonds. The van der Waals surface area contributed by atoms with Gasteiger partial charge in [-0.05, 0) is 61.8 Å². The highest BCUT2D eigenvalue weighted by molar-refractivity contribution is 5.91. The number of aliphatic carboxylic acids is 1. The van der Waals surface area contributed by atoms with Gasteiger partial charge < -0.3 is 31.1 Å². The van der Waals surface area contributed by atoms with E-state index in [-0.39, 0.29) is 42.5 Å². The molecule has 51 heavy (non-hydrogen) atoms. The Morgan fingerprint density at radius 3 is 2.10 bits per heavy atom. The molecule has 0 radical (unpaired) electrons. The van der Waals surface area contributed by atoms with Crippen molar-refractivity contribution in [1.82, 2.24) is 21.3 Å². The molecule has 3 aliphatic carbocycles. The fraction of sp³-hybridized carbons (Fsp3) is 0.694. The van der Waals surface area contributed by atoms with Crippen molar-refractivity contribution >= 4 is 29.7 Å². The molecule has 1 aromatic rings. The molecular weight excluding hydrogens is 662 g/mol. The van der Waals surface area contributed by atoms with Gasteiger partial charge >= 0.3 is 18.0 Å². The van der Waals surface area contributed by atoms with Crippen LogP contribution in [0.4, 0.5) is 4.79 Å². The lowest BCUT2D eigenvalue weighted by atomic mass is 9.83. The van der Waals surface area contributed by atoms with Crippen molar-refractivity contribution in [2.24, 2.45) is 28.7 Å². The molecule has 3 fully saturated rings. The lowest BCUT2D eigenvalue weighted by Crippen LogP contribution is -2.62. The number of carboxylic acids is 1. The molecule has 0 aromatic heterocycles. The molecule has 15 nitrogen and oxygen atoms in total. The van der Waals surface area contributed by atoms with Crippen LogP contribution >= 0.6 is 0 Å². The number of benzene rings is 1. The van der Waals surface area contributed by atoms with Gasteiger partial charge in [-0.1, -0.05) is 89.1 Å². The van der Waals surface area contributed by atoms with Crippen LogP contribution in [0.25, 0.3) is 0 Å².